The highest BCUT2D eigenvalue weighted by atomic mass is 127. The van der Waals surface area contributed by atoms with Gasteiger partial charge in [-0.1, -0.05) is 32.0 Å². The fraction of sp³-hybridized carbons (Fsp3) is 0.682. The maximum absolute atomic E-state index is 5.03. The zero-order chi connectivity index (χ0) is 18.9. The van der Waals surface area contributed by atoms with Crippen molar-refractivity contribution in [3.63, 3.8) is 0 Å². The average Bonchev–Trinajstić information content (AvgIpc) is 2.73. The van der Waals surface area contributed by atoms with Gasteiger partial charge in [0.1, 0.15) is 0 Å². The number of nitrogens with one attached hydrogen (secondary N) is 1. The Labute approximate surface area is 188 Å². The van der Waals surface area contributed by atoms with Crippen LogP contribution in [0.5, 0.6) is 0 Å². The highest BCUT2D eigenvalue weighted by Gasteiger charge is 2.18. The van der Waals surface area contributed by atoms with Crippen LogP contribution in [0.15, 0.2) is 35.3 Å². The van der Waals surface area contributed by atoms with E-state index in [-0.39, 0.29) is 24.0 Å². The van der Waals surface area contributed by atoms with Crippen LogP contribution in [0.2, 0.25) is 0 Å². The molecule has 28 heavy (non-hydrogen) atoms. The number of aliphatic imine (C=N–C) groups is 1. The SMILES string of the molecule is CCN1CCN(CC(C)CN=C(Nc2ccccc2)N2CCCCC2)CC1.I. The summed E-state index contributed by atoms with van der Waals surface area (Å²) in [7, 11) is 0. The predicted octanol–water partition coefficient (Wildman–Crippen LogP) is 3.83. The van der Waals surface area contributed by atoms with E-state index in [9.17, 15) is 0 Å². The standard InChI is InChI=1S/C22H37N5.HI/c1-3-25-14-16-26(17-15-25)19-20(2)18-23-22(27-12-8-5-9-13-27)24-21-10-6-4-7-11-21;/h4,6-7,10-11,20H,3,5,8-9,12-19H2,1-2H3,(H,23,24);1H. The minimum absolute atomic E-state index is 0. The van der Waals surface area contributed by atoms with Gasteiger partial charge in [-0.15, -0.1) is 24.0 Å². The Balaban J connectivity index is 0.00000280. The molecule has 6 heteroatoms. The second-order valence-electron chi connectivity index (χ2n) is 8.04. The second-order valence-corrected chi connectivity index (χ2v) is 8.04. The molecule has 3 rings (SSSR count). The van der Waals surface area contributed by atoms with Crippen molar-refractivity contribution in [2.75, 3.05) is 64.2 Å². The van der Waals surface area contributed by atoms with Gasteiger partial charge in [0, 0.05) is 58.0 Å². The van der Waals surface area contributed by atoms with Crippen LogP contribution in [-0.2, 0) is 0 Å². The first-order valence-corrected chi connectivity index (χ1v) is 10.8. The van der Waals surface area contributed by atoms with E-state index < -0.39 is 0 Å². The van der Waals surface area contributed by atoms with E-state index in [2.05, 4.69) is 64.2 Å². The lowest BCUT2D eigenvalue weighted by molar-refractivity contribution is 0.125. The van der Waals surface area contributed by atoms with Gasteiger partial charge in [-0.05, 0) is 43.9 Å². The normalized spacial score (nSPS) is 20.5. The number of hydrogen-bond acceptors (Lipinski definition) is 3. The molecule has 0 spiro atoms. The van der Waals surface area contributed by atoms with Crippen LogP contribution in [0.25, 0.3) is 0 Å². The molecule has 5 nitrogen and oxygen atoms in total. The van der Waals surface area contributed by atoms with E-state index >= 15 is 0 Å². The van der Waals surface area contributed by atoms with Crippen LogP contribution in [0, 0.1) is 5.92 Å². The summed E-state index contributed by atoms with van der Waals surface area (Å²) < 4.78 is 0. The monoisotopic (exact) mass is 499 g/mol. The van der Waals surface area contributed by atoms with E-state index in [1.54, 1.807) is 0 Å². The molecule has 2 aliphatic heterocycles. The zero-order valence-corrected chi connectivity index (χ0v) is 20.0. The van der Waals surface area contributed by atoms with Gasteiger partial charge in [-0.2, -0.15) is 0 Å². The number of piperazine rings is 1. The Kier molecular flexibility index (Phi) is 10.6. The molecule has 2 aliphatic rings. The number of guanidine groups is 1. The molecule has 0 bridgehead atoms. The smallest absolute Gasteiger partial charge is 0.198 e. The molecule has 2 saturated heterocycles. The predicted molar refractivity (Wildman–Crippen MR) is 131 cm³/mol. The lowest BCUT2D eigenvalue weighted by Gasteiger charge is -2.35. The molecule has 1 unspecified atom stereocenters. The number of hydrogen-bond donors (Lipinski definition) is 1. The van der Waals surface area contributed by atoms with Crippen LogP contribution >= 0.6 is 24.0 Å². The van der Waals surface area contributed by atoms with Crippen molar-refractivity contribution < 1.29 is 0 Å². The molecule has 2 fully saturated rings. The number of halogens is 1. The van der Waals surface area contributed by atoms with E-state index in [0.29, 0.717) is 5.92 Å². The molecule has 0 aromatic heterocycles. The third kappa shape index (κ3) is 7.52. The largest absolute Gasteiger partial charge is 0.343 e. The Morgan fingerprint density at radius 2 is 1.61 bits per heavy atom. The molecular weight excluding hydrogens is 461 g/mol. The first-order chi connectivity index (χ1) is 13.2. The zero-order valence-electron chi connectivity index (χ0n) is 17.6. The van der Waals surface area contributed by atoms with Gasteiger partial charge in [0.2, 0.25) is 0 Å². The Hall–Kier alpha value is -0.860. The number of piperidine rings is 1. The van der Waals surface area contributed by atoms with Gasteiger partial charge in [0.25, 0.3) is 0 Å². The van der Waals surface area contributed by atoms with E-state index in [1.165, 1.54) is 52.0 Å². The lowest BCUT2D eigenvalue weighted by Crippen LogP contribution is -2.47. The number of para-hydroxylation sites is 1. The molecule has 1 aromatic carbocycles. The number of likely N-dealkylation sites (N-methyl/N-ethyl adjacent to an activating group) is 1. The van der Waals surface area contributed by atoms with Gasteiger partial charge in [-0.3, -0.25) is 4.99 Å². The first kappa shape index (κ1) is 23.4. The summed E-state index contributed by atoms with van der Waals surface area (Å²) in [6.07, 6.45) is 3.88. The molecule has 2 heterocycles. The van der Waals surface area contributed by atoms with Crippen molar-refractivity contribution in [2.24, 2.45) is 10.9 Å². The molecule has 0 amide bonds. The summed E-state index contributed by atoms with van der Waals surface area (Å²) in [6, 6.07) is 10.5. The Morgan fingerprint density at radius 3 is 2.25 bits per heavy atom. The summed E-state index contributed by atoms with van der Waals surface area (Å²) in [6.45, 7) is 14.9. The van der Waals surface area contributed by atoms with E-state index in [1.807, 2.05) is 0 Å². The van der Waals surface area contributed by atoms with Crippen LogP contribution in [0.3, 0.4) is 0 Å². The summed E-state index contributed by atoms with van der Waals surface area (Å²) in [5, 5.41) is 3.58. The van der Waals surface area contributed by atoms with Crippen molar-refractivity contribution in [1.29, 1.82) is 0 Å². The average molecular weight is 499 g/mol. The van der Waals surface area contributed by atoms with E-state index in [4.69, 9.17) is 4.99 Å². The molecule has 1 aromatic rings. The Bertz CT molecular complexity index is 566. The summed E-state index contributed by atoms with van der Waals surface area (Å²) >= 11 is 0. The number of likely N-dealkylation sites (tertiary alicyclic amines) is 1. The van der Waals surface area contributed by atoms with Crippen LogP contribution < -0.4 is 5.32 Å². The number of nitrogens with zero attached hydrogens (tertiary/aromatic N) is 4. The second kappa shape index (κ2) is 12.6. The van der Waals surface area contributed by atoms with Gasteiger partial charge >= 0.3 is 0 Å². The molecule has 158 valence electrons. The van der Waals surface area contributed by atoms with Crippen molar-refractivity contribution in [2.45, 2.75) is 33.1 Å². The number of benzene rings is 1. The topological polar surface area (TPSA) is 34.1 Å². The lowest BCUT2D eigenvalue weighted by atomic mass is 10.1. The van der Waals surface area contributed by atoms with Gasteiger partial charge in [-0.25, -0.2) is 0 Å². The molecule has 0 aliphatic carbocycles. The summed E-state index contributed by atoms with van der Waals surface area (Å²) in [5.41, 5.74) is 1.13. The minimum atomic E-state index is 0. The summed E-state index contributed by atoms with van der Waals surface area (Å²) in [4.78, 5) is 12.6. The third-order valence-electron chi connectivity index (χ3n) is 5.72. The summed E-state index contributed by atoms with van der Waals surface area (Å²) in [5.74, 6) is 1.64. The van der Waals surface area contributed by atoms with Crippen molar-refractivity contribution >= 4 is 35.6 Å². The van der Waals surface area contributed by atoms with Crippen molar-refractivity contribution in [3.8, 4) is 0 Å². The van der Waals surface area contributed by atoms with Crippen LogP contribution in [0.4, 0.5) is 5.69 Å². The third-order valence-corrected chi connectivity index (χ3v) is 5.72. The van der Waals surface area contributed by atoms with Crippen molar-refractivity contribution in [1.82, 2.24) is 14.7 Å². The highest BCUT2D eigenvalue weighted by Crippen LogP contribution is 2.13. The fourth-order valence-electron chi connectivity index (χ4n) is 4.00. The van der Waals surface area contributed by atoms with Gasteiger partial charge in [0.05, 0.1) is 0 Å². The molecule has 1 atom stereocenters. The molecule has 1 N–H and O–H groups in total. The van der Waals surface area contributed by atoms with Crippen LogP contribution in [-0.4, -0.2) is 79.6 Å². The quantitative estimate of drug-likeness (QED) is 0.367. The van der Waals surface area contributed by atoms with Gasteiger partial charge in [0.15, 0.2) is 5.96 Å². The number of anilines is 1. The van der Waals surface area contributed by atoms with Crippen molar-refractivity contribution in [3.05, 3.63) is 30.3 Å². The molecular formula is C22H38IN5. The maximum atomic E-state index is 5.03. The highest BCUT2D eigenvalue weighted by molar-refractivity contribution is 14.0. The fourth-order valence-corrected chi connectivity index (χ4v) is 4.00. The molecule has 0 radical (unpaired) electrons. The number of rotatable bonds is 6. The first-order valence-electron chi connectivity index (χ1n) is 10.8. The van der Waals surface area contributed by atoms with E-state index in [0.717, 1.165) is 37.8 Å². The van der Waals surface area contributed by atoms with Gasteiger partial charge < -0.3 is 20.0 Å². The molecule has 0 saturated carbocycles. The Morgan fingerprint density at radius 1 is 0.964 bits per heavy atom. The maximum Gasteiger partial charge on any atom is 0.198 e. The van der Waals surface area contributed by atoms with Crippen LogP contribution in [0.1, 0.15) is 33.1 Å². The minimum Gasteiger partial charge on any atom is -0.343 e.